The first kappa shape index (κ1) is 16.2. The number of ketones is 1. The summed E-state index contributed by atoms with van der Waals surface area (Å²) in [4.78, 5) is 22.8. The highest BCUT2D eigenvalue weighted by Gasteiger charge is 2.34. The largest absolute Gasteiger partial charge is 0.289 e. The van der Waals surface area contributed by atoms with Crippen molar-refractivity contribution >= 4 is 17.0 Å². The summed E-state index contributed by atoms with van der Waals surface area (Å²) >= 11 is 0. The van der Waals surface area contributed by atoms with E-state index in [1.807, 2.05) is 24.3 Å². The van der Waals surface area contributed by atoms with Crippen LogP contribution in [0.5, 0.6) is 0 Å². The van der Waals surface area contributed by atoms with Gasteiger partial charge < -0.3 is 0 Å². The van der Waals surface area contributed by atoms with Crippen molar-refractivity contribution in [1.29, 1.82) is 0 Å². The average molecular weight is 343 g/mol. The minimum Gasteiger partial charge on any atom is -0.289 e. The van der Waals surface area contributed by atoms with Gasteiger partial charge in [0, 0.05) is 29.5 Å². The number of fused-ring (bicyclic) bond motifs is 2. The van der Waals surface area contributed by atoms with Crippen LogP contribution in [0.25, 0.3) is 5.57 Å². The third-order valence-electron chi connectivity index (χ3n) is 5.03. The van der Waals surface area contributed by atoms with Gasteiger partial charge in [0.1, 0.15) is 0 Å². The van der Waals surface area contributed by atoms with E-state index < -0.39 is 4.92 Å². The molecule has 0 amide bonds. The minimum atomic E-state index is -0.391. The van der Waals surface area contributed by atoms with Gasteiger partial charge in [0.15, 0.2) is 5.78 Å². The van der Waals surface area contributed by atoms with Gasteiger partial charge in [0.05, 0.1) is 4.92 Å². The molecule has 0 saturated carbocycles. The van der Waals surface area contributed by atoms with Crippen LogP contribution in [-0.4, -0.2) is 10.7 Å². The fourth-order valence-electron chi connectivity index (χ4n) is 3.78. The van der Waals surface area contributed by atoms with Crippen LogP contribution in [-0.2, 0) is 0 Å². The van der Waals surface area contributed by atoms with Crippen LogP contribution in [0.2, 0.25) is 0 Å². The zero-order valence-electron chi connectivity index (χ0n) is 14.0. The number of nitro benzene ring substituents is 1. The number of carbonyl (C=O) groups is 1. The topological polar surface area (TPSA) is 60.2 Å². The maximum absolute atomic E-state index is 12.4. The summed E-state index contributed by atoms with van der Waals surface area (Å²) < 4.78 is 0. The third-order valence-corrected chi connectivity index (χ3v) is 5.03. The number of allylic oxidation sites excluding steroid dienone is 6. The molecule has 2 aromatic carbocycles. The molecule has 0 aliphatic heterocycles. The number of carbonyl (C=O) groups excluding carboxylic acids is 1. The highest BCUT2D eigenvalue weighted by molar-refractivity contribution is 6.05. The van der Waals surface area contributed by atoms with Crippen molar-refractivity contribution in [3.8, 4) is 0 Å². The number of hydrogen-bond acceptors (Lipinski definition) is 3. The molecule has 0 saturated heterocycles. The quantitative estimate of drug-likeness (QED) is 0.252. The number of rotatable bonds is 5. The first-order valence-corrected chi connectivity index (χ1v) is 8.58. The lowest BCUT2D eigenvalue weighted by Crippen LogP contribution is -1.99. The summed E-state index contributed by atoms with van der Waals surface area (Å²) in [6.07, 6.45) is 8.93. The molecule has 0 aromatic heterocycles. The molecule has 0 fully saturated rings. The van der Waals surface area contributed by atoms with E-state index in [0.717, 1.165) is 17.6 Å². The second-order valence-corrected chi connectivity index (χ2v) is 6.57. The van der Waals surface area contributed by atoms with Crippen LogP contribution >= 0.6 is 0 Å². The molecule has 0 heterocycles. The lowest BCUT2D eigenvalue weighted by atomic mass is 9.90. The van der Waals surface area contributed by atoms with E-state index in [1.165, 1.54) is 17.7 Å². The zero-order chi connectivity index (χ0) is 18.1. The normalized spacial score (nSPS) is 20.9. The molecule has 0 radical (unpaired) electrons. The molecule has 26 heavy (non-hydrogen) atoms. The summed E-state index contributed by atoms with van der Waals surface area (Å²) in [7, 11) is 0. The third kappa shape index (κ3) is 2.90. The Morgan fingerprint density at radius 3 is 2.38 bits per heavy atom. The predicted molar refractivity (Wildman–Crippen MR) is 101 cm³/mol. The summed E-state index contributed by atoms with van der Waals surface area (Å²) in [6.45, 7) is 0. The number of nitro groups is 1. The van der Waals surface area contributed by atoms with Crippen molar-refractivity contribution < 1.29 is 9.72 Å². The number of non-ortho nitro benzene ring substituents is 1. The van der Waals surface area contributed by atoms with E-state index in [2.05, 4.69) is 12.2 Å². The maximum Gasteiger partial charge on any atom is 0.269 e. The van der Waals surface area contributed by atoms with Crippen LogP contribution in [0.1, 0.15) is 22.3 Å². The van der Waals surface area contributed by atoms with Gasteiger partial charge in [0.25, 0.3) is 5.69 Å². The SMILES string of the molecule is O=C(C=CC1=C(c2ccc([N+](=O)[O-])cc2)C2C=CC1C2)c1ccccc1. The van der Waals surface area contributed by atoms with Crippen molar-refractivity contribution in [2.75, 3.05) is 0 Å². The first-order chi connectivity index (χ1) is 12.6. The molecule has 0 N–H and O–H groups in total. The second kappa shape index (κ2) is 6.56. The molecule has 2 atom stereocenters. The molecule has 2 aliphatic carbocycles. The molecule has 2 bridgehead atoms. The van der Waals surface area contributed by atoms with Crippen molar-refractivity contribution in [3.63, 3.8) is 0 Å². The van der Waals surface area contributed by atoms with Crippen LogP contribution in [0, 0.1) is 22.0 Å². The molecule has 4 rings (SSSR count). The van der Waals surface area contributed by atoms with Crippen LogP contribution < -0.4 is 0 Å². The fourth-order valence-corrected chi connectivity index (χ4v) is 3.78. The predicted octanol–water partition coefficient (Wildman–Crippen LogP) is 4.99. The van der Waals surface area contributed by atoms with E-state index in [1.54, 1.807) is 30.3 Å². The van der Waals surface area contributed by atoms with Gasteiger partial charge in [-0.2, -0.15) is 0 Å². The van der Waals surface area contributed by atoms with E-state index in [4.69, 9.17) is 0 Å². The van der Waals surface area contributed by atoms with Crippen LogP contribution in [0.4, 0.5) is 5.69 Å². The van der Waals surface area contributed by atoms with Crippen molar-refractivity contribution in [2.45, 2.75) is 6.42 Å². The minimum absolute atomic E-state index is 0.0205. The Balaban J connectivity index is 1.66. The van der Waals surface area contributed by atoms with Gasteiger partial charge in [-0.25, -0.2) is 0 Å². The molecule has 0 spiro atoms. The maximum atomic E-state index is 12.4. The summed E-state index contributed by atoms with van der Waals surface area (Å²) in [5.41, 5.74) is 4.05. The smallest absolute Gasteiger partial charge is 0.269 e. The number of hydrogen-bond donors (Lipinski definition) is 0. The molecule has 128 valence electrons. The van der Waals surface area contributed by atoms with E-state index in [9.17, 15) is 14.9 Å². The van der Waals surface area contributed by atoms with E-state index in [-0.39, 0.29) is 11.5 Å². The molecule has 2 aromatic rings. The monoisotopic (exact) mass is 343 g/mol. The zero-order valence-corrected chi connectivity index (χ0v) is 14.0. The summed E-state index contributed by atoms with van der Waals surface area (Å²) in [5, 5.41) is 10.9. The van der Waals surface area contributed by atoms with E-state index in [0.29, 0.717) is 17.4 Å². The second-order valence-electron chi connectivity index (χ2n) is 6.57. The van der Waals surface area contributed by atoms with Crippen molar-refractivity contribution in [3.05, 3.63) is 106 Å². The van der Waals surface area contributed by atoms with Gasteiger partial charge in [-0.1, -0.05) is 48.6 Å². The highest BCUT2D eigenvalue weighted by atomic mass is 16.6. The Hall–Kier alpha value is -3.27. The number of nitrogens with zero attached hydrogens (tertiary/aromatic N) is 1. The van der Waals surface area contributed by atoms with Crippen molar-refractivity contribution in [2.24, 2.45) is 11.8 Å². The molecule has 4 nitrogen and oxygen atoms in total. The molecular formula is C22H17NO3. The van der Waals surface area contributed by atoms with Gasteiger partial charge in [0.2, 0.25) is 0 Å². The molecule has 2 aliphatic rings. The Morgan fingerprint density at radius 2 is 1.69 bits per heavy atom. The Bertz CT molecular complexity index is 953. The summed E-state index contributed by atoms with van der Waals surface area (Å²) in [5.74, 6) is 0.603. The summed E-state index contributed by atoms with van der Waals surface area (Å²) in [6, 6.07) is 15.9. The van der Waals surface area contributed by atoms with Crippen LogP contribution in [0.15, 0.2) is 84.5 Å². The Kier molecular flexibility index (Phi) is 4.09. The van der Waals surface area contributed by atoms with Crippen molar-refractivity contribution in [1.82, 2.24) is 0 Å². The van der Waals surface area contributed by atoms with Gasteiger partial charge >= 0.3 is 0 Å². The Morgan fingerprint density at radius 1 is 1.00 bits per heavy atom. The fraction of sp³-hybridized carbons (Fsp3) is 0.136. The average Bonchev–Trinajstić information content (AvgIpc) is 3.28. The van der Waals surface area contributed by atoms with Crippen LogP contribution in [0.3, 0.4) is 0 Å². The first-order valence-electron chi connectivity index (χ1n) is 8.58. The van der Waals surface area contributed by atoms with Gasteiger partial charge in [-0.05, 0) is 41.3 Å². The molecule has 4 heteroatoms. The lowest BCUT2D eigenvalue weighted by Gasteiger charge is -2.14. The molecule has 2 unspecified atom stereocenters. The van der Waals surface area contributed by atoms with E-state index >= 15 is 0 Å². The molecular weight excluding hydrogens is 326 g/mol. The number of benzene rings is 2. The highest BCUT2D eigenvalue weighted by Crippen LogP contribution is 2.49. The lowest BCUT2D eigenvalue weighted by molar-refractivity contribution is -0.384. The Labute approximate surface area is 151 Å². The van der Waals surface area contributed by atoms with Gasteiger partial charge in [-0.15, -0.1) is 0 Å². The standard InChI is InChI=1S/C22H17NO3/c24-21(15-4-2-1-3-5-15)13-12-20-17-6-7-18(14-17)22(20)16-8-10-19(11-9-16)23(25)26/h1-13,17-18H,14H2. The van der Waals surface area contributed by atoms with Gasteiger partial charge in [-0.3, -0.25) is 14.9 Å².